The van der Waals surface area contributed by atoms with Crippen LogP contribution >= 0.6 is 0 Å². The van der Waals surface area contributed by atoms with Crippen molar-refractivity contribution < 1.29 is 29.3 Å². The number of carbonyl (C=O) groups excluding carboxylic acids is 2. The second kappa shape index (κ2) is 18.1. The first-order chi connectivity index (χ1) is 29.5. The highest BCUT2D eigenvalue weighted by Gasteiger charge is 2.57. The van der Waals surface area contributed by atoms with E-state index < -0.39 is 32.2 Å². The van der Waals surface area contributed by atoms with E-state index in [1.807, 2.05) is 60.7 Å². The summed E-state index contributed by atoms with van der Waals surface area (Å²) < 4.78 is 7.50. The van der Waals surface area contributed by atoms with Gasteiger partial charge in [0.25, 0.3) is 8.32 Å². The van der Waals surface area contributed by atoms with Gasteiger partial charge < -0.3 is 19.7 Å². The van der Waals surface area contributed by atoms with E-state index in [4.69, 9.17) is 4.43 Å². The first kappa shape index (κ1) is 42.6. The quantitative estimate of drug-likeness (QED) is 0.0473. The molecule has 5 aromatic rings. The highest BCUT2D eigenvalue weighted by Crippen LogP contribution is 2.49. The normalized spacial score (nSPS) is 21.0. The molecule has 2 aliphatic carbocycles. The van der Waals surface area contributed by atoms with Crippen LogP contribution in [0.2, 0.25) is 5.04 Å². The number of phenolic OH excluding ortho intramolecular Hbond substituents is 1. The zero-order valence-electron chi connectivity index (χ0n) is 35.7. The number of hydrogen-bond donors (Lipinski definition) is 3. The van der Waals surface area contributed by atoms with Crippen molar-refractivity contribution in [1.29, 1.82) is 0 Å². The topological polar surface area (TPSA) is 107 Å². The molecule has 4 atom stereocenters. The predicted octanol–water partition coefficient (Wildman–Crippen LogP) is 9.05. The summed E-state index contributed by atoms with van der Waals surface area (Å²) in [5, 5.41) is 38.3. The van der Waals surface area contributed by atoms with E-state index in [2.05, 4.69) is 87.5 Å². The van der Waals surface area contributed by atoms with Crippen LogP contribution in [-0.2, 0) is 14.0 Å². The molecular formula is C53H59NO6Si. The van der Waals surface area contributed by atoms with Crippen LogP contribution in [0.3, 0.4) is 0 Å². The van der Waals surface area contributed by atoms with E-state index in [9.17, 15) is 24.9 Å². The summed E-state index contributed by atoms with van der Waals surface area (Å²) in [6.45, 7) is 6.48. The Morgan fingerprint density at radius 3 is 1.98 bits per heavy atom. The lowest BCUT2D eigenvalue weighted by molar-refractivity contribution is -0.143. The van der Waals surface area contributed by atoms with Crippen molar-refractivity contribution in [2.75, 3.05) is 13.2 Å². The van der Waals surface area contributed by atoms with E-state index in [0.717, 1.165) is 75.5 Å². The molecule has 3 aliphatic rings. The molecule has 0 bridgehead atoms. The maximum absolute atomic E-state index is 14.5. The highest BCUT2D eigenvalue weighted by atomic mass is 28.4. The molecule has 316 valence electrons. The smallest absolute Gasteiger partial charge is 0.261 e. The Morgan fingerprint density at radius 1 is 0.787 bits per heavy atom. The van der Waals surface area contributed by atoms with Crippen molar-refractivity contribution in [3.05, 3.63) is 150 Å². The van der Waals surface area contributed by atoms with E-state index >= 15 is 0 Å². The summed E-state index contributed by atoms with van der Waals surface area (Å²) in [6, 6.07) is 42.3. The van der Waals surface area contributed by atoms with Gasteiger partial charge in [0.1, 0.15) is 5.75 Å². The number of carbonyl (C=O) groups is 2. The summed E-state index contributed by atoms with van der Waals surface area (Å²) in [5.41, 5.74) is 4.41. The number of aliphatic hydroxyl groups is 2. The summed E-state index contributed by atoms with van der Waals surface area (Å²) in [5.74, 6) is -2.23. The van der Waals surface area contributed by atoms with Crippen LogP contribution in [0.25, 0.3) is 22.4 Å². The Labute approximate surface area is 361 Å². The molecule has 5 aromatic carbocycles. The molecule has 1 saturated carbocycles. The fourth-order valence-electron chi connectivity index (χ4n) is 10.8. The minimum absolute atomic E-state index is 0.126. The van der Waals surface area contributed by atoms with Crippen LogP contribution in [0.4, 0.5) is 0 Å². The van der Waals surface area contributed by atoms with Crippen molar-refractivity contribution in [1.82, 2.24) is 4.90 Å². The molecule has 1 heterocycles. The van der Waals surface area contributed by atoms with Crippen LogP contribution in [0.5, 0.6) is 5.75 Å². The van der Waals surface area contributed by atoms with Gasteiger partial charge in [-0.25, -0.2) is 0 Å². The fourth-order valence-corrected chi connectivity index (χ4v) is 15.3. The molecule has 2 amide bonds. The monoisotopic (exact) mass is 833 g/mol. The van der Waals surface area contributed by atoms with Crippen molar-refractivity contribution in [3.63, 3.8) is 0 Å². The third-order valence-electron chi connectivity index (χ3n) is 13.7. The van der Waals surface area contributed by atoms with E-state index in [1.165, 1.54) is 0 Å². The Balaban J connectivity index is 1.21. The third kappa shape index (κ3) is 8.19. The molecule has 0 aromatic heterocycles. The Hall–Kier alpha value is -5.12. The molecular weight excluding hydrogens is 775 g/mol. The van der Waals surface area contributed by atoms with Crippen LogP contribution in [0.15, 0.2) is 139 Å². The average Bonchev–Trinajstić information content (AvgIpc) is 3.54. The lowest BCUT2D eigenvalue weighted by Gasteiger charge is -2.44. The zero-order valence-corrected chi connectivity index (χ0v) is 36.7. The van der Waals surface area contributed by atoms with Gasteiger partial charge in [-0.2, -0.15) is 0 Å². The Morgan fingerprint density at radius 2 is 1.38 bits per heavy atom. The minimum atomic E-state index is -3.05. The number of amides is 2. The number of hydrogen-bond acceptors (Lipinski definition) is 6. The molecule has 1 aliphatic heterocycles. The number of phenols is 1. The molecule has 8 heteroatoms. The molecule has 0 spiro atoms. The zero-order chi connectivity index (χ0) is 42.7. The molecule has 8 rings (SSSR count). The van der Waals surface area contributed by atoms with Gasteiger partial charge in [-0.15, -0.1) is 0 Å². The number of benzene rings is 5. The lowest BCUT2D eigenvalue weighted by Crippen LogP contribution is -2.66. The van der Waals surface area contributed by atoms with Crippen molar-refractivity contribution in [2.45, 2.75) is 89.3 Å². The van der Waals surface area contributed by atoms with Gasteiger partial charge in [0.15, 0.2) is 0 Å². The second-order valence-corrected chi connectivity index (χ2v) is 22.6. The van der Waals surface area contributed by atoms with E-state index in [0.29, 0.717) is 24.8 Å². The molecule has 7 nitrogen and oxygen atoms in total. The minimum Gasteiger partial charge on any atom is -0.507 e. The van der Waals surface area contributed by atoms with Crippen LogP contribution in [0.1, 0.15) is 83.3 Å². The molecule has 3 N–H and O–H groups in total. The number of allylic oxidation sites excluding steroid dienone is 1. The van der Waals surface area contributed by atoms with Gasteiger partial charge in [0, 0.05) is 17.3 Å². The summed E-state index contributed by atoms with van der Waals surface area (Å²) in [7, 11) is -3.05. The van der Waals surface area contributed by atoms with Crippen molar-refractivity contribution in [2.24, 2.45) is 17.8 Å². The number of aromatic hydroxyl groups is 1. The lowest BCUT2D eigenvalue weighted by atomic mass is 9.68. The number of likely N-dealkylation sites (tertiary alicyclic amines) is 1. The number of rotatable bonds is 13. The van der Waals surface area contributed by atoms with Gasteiger partial charge >= 0.3 is 0 Å². The maximum Gasteiger partial charge on any atom is 0.261 e. The van der Waals surface area contributed by atoms with Gasteiger partial charge in [-0.3, -0.25) is 14.5 Å². The Kier molecular flexibility index (Phi) is 12.6. The summed E-state index contributed by atoms with van der Waals surface area (Å²) >= 11 is 0. The standard InChI is InChI=1S/C53H59NO6Si/c1-53(2,3)61(41-22-12-6-13-23-41,42-24-14-7-15-25-42)60-35-39-33-45-50(52(59)54(51(45)58)40-20-10-5-11-21-40)46(34-55)49(39)48(57)31-28-37(36-18-8-4-9-19-36)32-38-29-30-47(56)44-27-17-16-26-43(38)44/h4,6-9,12-19,22-27,29-30,32,40,45-46,48,50,55-57H,5,10-11,20-21,28,31,33-35H2,1-3H3/b37-32-/t45-,46+,48-,50-/m1/s1. The van der Waals surface area contributed by atoms with Gasteiger partial charge in [0.05, 0.1) is 31.2 Å². The molecule has 1 saturated heterocycles. The van der Waals surface area contributed by atoms with Gasteiger partial charge in [-0.05, 0) is 86.8 Å². The number of imide groups is 1. The van der Waals surface area contributed by atoms with E-state index in [-0.39, 0.29) is 41.9 Å². The first-order valence-electron chi connectivity index (χ1n) is 22.1. The largest absolute Gasteiger partial charge is 0.507 e. The van der Waals surface area contributed by atoms with Crippen LogP contribution in [-0.4, -0.2) is 65.7 Å². The van der Waals surface area contributed by atoms with Crippen molar-refractivity contribution in [3.8, 4) is 5.75 Å². The maximum atomic E-state index is 14.5. The number of fused-ring (bicyclic) bond motifs is 2. The second-order valence-electron chi connectivity index (χ2n) is 18.3. The molecule has 0 unspecified atom stereocenters. The van der Waals surface area contributed by atoms with Crippen molar-refractivity contribution >= 4 is 52.9 Å². The number of nitrogens with zero attached hydrogens (tertiary/aromatic N) is 1. The van der Waals surface area contributed by atoms with Gasteiger partial charge in [-0.1, -0.05) is 167 Å². The molecule has 2 fully saturated rings. The molecule has 61 heavy (non-hydrogen) atoms. The fraction of sp³-hybridized carbons (Fsp3) is 0.358. The van der Waals surface area contributed by atoms with Crippen LogP contribution in [0, 0.1) is 17.8 Å². The average molecular weight is 834 g/mol. The summed E-state index contributed by atoms with van der Waals surface area (Å²) in [6.07, 6.45) is 6.88. The summed E-state index contributed by atoms with van der Waals surface area (Å²) in [4.78, 5) is 30.6. The Bertz CT molecular complexity index is 2360. The third-order valence-corrected chi connectivity index (χ3v) is 18.7. The molecule has 0 radical (unpaired) electrons. The van der Waals surface area contributed by atoms with Crippen LogP contribution < -0.4 is 10.4 Å². The SMILES string of the molecule is CC(C)(C)[Si](OCC1=C([C@H](O)CC/C(=C/c2ccc(O)c3ccccc23)c2ccccc2)[C@H](CO)[C@@H]2C(=O)N(C3CCCCC3)C(=O)[C@@H]2C1)(c1ccccc1)c1ccccc1. The first-order valence-corrected chi connectivity index (χ1v) is 24.0. The van der Waals surface area contributed by atoms with Gasteiger partial charge in [0.2, 0.25) is 11.8 Å². The van der Waals surface area contributed by atoms with E-state index in [1.54, 1.807) is 11.0 Å². The number of aliphatic hydroxyl groups excluding tert-OH is 2. The predicted molar refractivity (Wildman–Crippen MR) is 247 cm³/mol. The highest BCUT2D eigenvalue weighted by molar-refractivity contribution is 6.99.